The van der Waals surface area contributed by atoms with Gasteiger partial charge in [-0.25, -0.2) is 0 Å². The Hall–Kier alpha value is -2.84. The number of carbonyl (C=O) groups is 1. The minimum atomic E-state index is -0.356. The van der Waals surface area contributed by atoms with Crippen molar-refractivity contribution < 1.29 is 9.53 Å². The van der Waals surface area contributed by atoms with Gasteiger partial charge in [0.05, 0.1) is 24.2 Å². The molecule has 2 aromatic carbocycles. The molecule has 3 aromatic rings. The van der Waals surface area contributed by atoms with Crippen molar-refractivity contribution in [3.8, 4) is 5.69 Å². The average Bonchev–Trinajstić information content (AvgIpc) is 3.24. The number of rotatable bonds is 7. The molecule has 1 unspecified atom stereocenters. The van der Waals surface area contributed by atoms with Crippen LogP contribution in [0.25, 0.3) is 5.69 Å². The zero-order valence-corrected chi connectivity index (χ0v) is 21.4. The molecular weight excluding hydrogens is 446 g/mol. The molecule has 0 radical (unpaired) electrons. The number of para-hydroxylation sites is 1. The van der Waals surface area contributed by atoms with Crippen molar-refractivity contribution in [1.82, 2.24) is 14.8 Å². The van der Waals surface area contributed by atoms with E-state index in [9.17, 15) is 4.79 Å². The summed E-state index contributed by atoms with van der Waals surface area (Å²) < 4.78 is 7.57. The van der Waals surface area contributed by atoms with E-state index in [4.69, 9.17) is 4.74 Å². The van der Waals surface area contributed by atoms with Gasteiger partial charge in [-0.05, 0) is 49.9 Å². The van der Waals surface area contributed by atoms with Gasteiger partial charge in [-0.1, -0.05) is 61.5 Å². The molecule has 1 amide bonds. The Balaban J connectivity index is 1.60. The number of aromatic nitrogens is 3. The highest BCUT2D eigenvalue weighted by atomic mass is 32.2. The lowest BCUT2D eigenvalue weighted by atomic mass is 9.98. The van der Waals surface area contributed by atoms with Crippen LogP contribution in [-0.2, 0) is 9.53 Å². The minimum Gasteiger partial charge on any atom is -0.378 e. The summed E-state index contributed by atoms with van der Waals surface area (Å²) in [6, 6.07) is 14.4. The second-order valence-electron chi connectivity index (χ2n) is 9.00. The number of amides is 1. The van der Waals surface area contributed by atoms with Gasteiger partial charge >= 0.3 is 0 Å². The van der Waals surface area contributed by atoms with Gasteiger partial charge in [0, 0.05) is 18.8 Å². The highest BCUT2D eigenvalue weighted by molar-refractivity contribution is 8.00. The predicted octanol–water partition coefficient (Wildman–Crippen LogP) is 4.96. The van der Waals surface area contributed by atoms with Crippen LogP contribution in [0.1, 0.15) is 43.4 Å². The number of morpholine rings is 1. The van der Waals surface area contributed by atoms with Crippen molar-refractivity contribution >= 4 is 29.3 Å². The maximum atomic E-state index is 13.2. The van der Waals surface area contributed by atoms with Crippen molar-refractivity contribution in [2.45, 2.75) is 50.9 Å². The van der Waals surface area contributed by atoms with Gasteiger partial charge in [-0.15, -0.1) is 10.2 Å². The monoisotopic (exact) mass is 479 g/mol. The largest absolute Gasteiger partial charge is 0.378 e. The number of ether oxygens (including phenoxy) is 1. The van der Waals surface area contributed by atoms with Gasteiger partial charge in [0.25, 0.3) is 0 Å². The van der Waals surface area contributed by atoms with E-state index in [1.807, 2.05) is 30.5 Å². The molecule has 1 N–H and O–H groups in total. The van der Waals surface area contributed by atoms with E-state index in [-0.39, 0.29) is 11.2 Å². The van der Waals surface area contributed by atoms with Crippen molar-refractivity contribution in [2.24, 2.45) is 0 Å². The van der Waals surface area contributed by atoms with E-state index in [1.165, 1.54) is 17.3 Å². The second kappa shape index (κ2) is 10.6. The third kappa shape index (κ3) is 5.28. The Morgan fingerprint density at radius 2 is 1.74 bits per heavy atom. The number of nitrogens with zero attached hydrogens (tertiary/aromatic N) is 4. The zero-order chi connectivity index (χ0) is 24.2. The van der Waals surface area contributed by atoms with E-state index in [0.29, 0.717) is 24.3 Å². The molecule has 8 heteroatoms. The van der Waals surface area contributed by atoms with Gasteiger partial charge in [0.2, 0.25) is 11.9 Å². The fourth-order valence-corrected chi connectivity index (χ4v) is 4.87. The molecule has 2 heterocycles. The van der Waals surface area contributed by atoms with Crippen LogP contribution in [0.5, 0.6) is 0 Å². The highest BCUT2D eigenvalue weighted by Gasteiger charge is 2.25. The molecule has 180 valence electrons. The third-order valence-corrected chi connectivity index (χ3v) is 7.07. The van der Waals surface area contributed by atoms with Crippen LogP contribution >= 0.6 is 11.8 Å². The van der Waals surface area contributed by atoms with Crippen LogP contribution < -0.4 is 10.2 Å². The van der Waals surface area contributed by atoms with E-state index in [0.717, 1.165) is 41.5 Å². The lowest BCUT2D eigenvalue weighted by Gasteiger charge is -2.28. The topological polar surface area (TPSA) is 72.3 Å². The van der Waals surface area contributed by atoms with Crippen molar-refractivity contribution in [1.29, 1.82) is 0 Å². The van der Waals surface area contributed by atoms with Crippen LogP contribution in [0, 0.1) is 13.8 Å². The standard InChI is InChI=1S/C26H33N5O2S/c1-17(2)22-8-6-7-19(4)23(22)27-24(32)20(5)34-26-29-28-25(30-13-15-33-16-14-30)31(26)21-11-9-18(3)10-12-21/h6-12,17,20H,13-16H2,1-5H3,(H,27,32). The Kier molecular flexibility index (Phi) is 7.58. The van der Waals surface area contributed by atoms with E-state index in [2.05, 4.69) is 71.5 Å². The smallest absolute Gasteiger partial charge is 0.237 e. The Morgan fingerprint density at radius 1 is 1.03 bits per heavy atom. The fraction of sp³-hybridized carbons (Fsp3) is 0.423. The second-order valence-corrected chi connectivity index (χ2v) is 10.3. The Morgan fingerprint density at radius 3 is 2.41 bits per heavy atom. The molecule has 1 saturated heterocycles. The van der Waals surface area contributed by atoms with E-state index < -0.39 is 0 Å². The van der Waals surface area contributed by atoms with Gasteiger partial charge in [-0.2, -0.15) is 0 Å². The van der Waals surface area contributed by atoms with Gasteiger partial charge < -0.3 is 15.0 Å². The number of hydrogen-bond donors (Lipinski definition) is 1. The molecule has 34 heavy (non-hydrogen) atoms. The summed E-state index contributed by atoms with van der Waals surface area (Å²) in [5.41, 5.74) is 5.28. The van der Waals surface area contributed by atoms with Crippen molar-refractivity contribution in [3.63, 3.8) is 0 Å². The molecule has 0 bridgehead atoms. The Labute approximate surface area is 205 Å². The molecule has 1 fully saturated rings. The van der Waals surface area contributed by atoms with Crippen molar-refractivity contribution in [2.75, 3.05) is 36.5 Å². The van der Waals surface area contributed by atoms with E-state index in [1.54, 1.807) is 0 Å². The summed E-state index contributed by atoms with van der Waals surface area (Å²) >= 11 is 1.42. The number of thioether (sulfide) groups is 1. The SMILES string of the molecule is Cc1ccc(-n2c(SC(C)C(=O)Nc3c(C)cccc3C(C)C)nnc2N2CCOCC2)cc1. The summed E-state index contributed by atoms with van der Waals surface area (Å²) in [7, 11) is 0. The first-order chi connectivity index (χ1) is 16.3. The summed E-state index contributed by atoms with van der Waals surface area (Å²) in [6.45, 7) is 13.1. The Bertz CT molecular complexity index is 1140. The molecule has 0 aliphatic carbocycles. The lowest BCUT2D eigenvalue weighted by Crippen LogP contribution is -2.38. The number of anilines is 2. The summed E-state index contributed by atoms with van der Waals surface area (Å²) in [5, 5.41) is 12.5. The molecular formula is C26H33N5O2S. The van der Waals surface area contributed by atoms with Crippen LogP contribution in [0.4, 0.5) is 11.6 Å². The molecule has 7 nitrogen and oxygen atoms in total. The van der Waals surface area contributed by atoms with E-state index >= 15 is 0 Å². The number of hydrogen-bond acceptors (Lipinski definition) is 6. The van der Waals surface area contributed by atoms with Crippen molar-refractivity contribution in [3.05, 3.63) is 59.2 Å². The van der Waals surface area contributed by atoms with Gasteiger partial charge in [0.15, 0.2) is 5.16 Å². The maximum Gasteiger partial charge on any atom is 0.237 e. The van der Waals surface area contributed by atoms with Crippen LogP contribution in [0.2, 0.25) is 0 Å². The first-order valence-electron chi connectivity index (χ1n) is 11.8. The molecule has 1 aliphatic heterocycles. The number of aryl methyl sites for hydroxylation is 2. The zero-order valence-electron chi connectivity index (χ0n) is 20.5. The quantitative estimate of drug-likeness (QED) is 0.483. The minimum absolute atomic E-state index is 0.0485. The molecule has 0 spiro atoms. The fourth-order valence-electron chi connectivity index (χ4n) is 4.01. The first-order valence-corrected chi connectivity index (χ1v) is 12.6. The van der Waals surface area contributed by atoms with Crippen LogP contribution in [-0.4, -0.2) is 52.2 Å². The number of benzene rings is 2. The van der Waals surface area contributed by atoms with Gasteiger partial charge in [-0.3, -0.25) is 9.36 Å². The predicted molar refractivity (Wildman–Crippen MR) is 138 cm³/mol. The van der Waals surface area contributed by atoms with Crippen LogP contribution in [0.3, 0.4) is 0 Å². The highest BCUT2D eigenvalue weighted by Crippen LogP contribution is 2.32. The summed E-state index contributed by atoms with van der Waals surface area (Å²) in [5.74, 6) is 1.05. The average molecular weight is 480 g/mol. The lowest BCUT2D eigenvalue weighted by molar-refractivity contribution is -0.115. The normalized spacial score (nSPS) is 14.9. The molecule has 1 atom stereocenters. The number of nitrogens with one attached hydrogen (secondary N) is 1. The third-order valence-electron chi connectivity index (χ3n) is 6.03. The van der Waals surface area contributed by atoms with Crippen LogP contribution in [0.15, 0.2) is 47.6 Å². The maximum absolute atomic E-state index is 13.2. The summed E-state index contributed by atoms with van der Waals surface area (Å²) in [4.78, 5) is 15.4. The molecule has 0 saturated carbocycles. The first kappa shape index (κ1) is 24.3. The molecule has 1 aromatic heterocycles. The molecule has 1 aliphatic rings. The number of carbonyl (C=O) groups excluding carboxylic acids is 1. The van der Waals surface area contributed by atoms with Gasteiger partial charge in [0.1, 0.15) is 0 Å². The summed E-state index contributed by atoms with van der Waals surface area (Å²) in [6.07, 6.45) is 0. The molecule has 4 rings (SSSR count).